The van der Waals surface area contributed by atoms with E-state index < -0.39 is 5.82 Å². The largest absolute Gasteiger partial charge is 0.497 e. The second-order valence-electron chi connectivity index (χ2n) is 8.94. The highest BCUT2D eigenvalue weighted by Crippen LogP contribution is 2.43. The molecule has 6 nitrogen and oxygen atoms in total. The van der Waals surface area contributed by atoms with E-state index in [9.17, 15) is 19.1 Å². The molecule has 2 aliphatic heterocycles. The first kappa shape index (κ1) is 23.6. The standard InChI is InChI=1S/C29H25FN2O4/c1-36-24-14-6-20(7-15-24)3-2-19-4-8-21(9-5-19)28-25-16-31(17-27(34)32(25)26(28)18-33)29(35)22-10-12-23(30)13-11-22/h4-15,25-26,28,33H,16-18H2,1H3/t25-,26-,28-/m1/s1. The third-order valence-electron chi connectivity index (χ3n) is 6.87. The van der Waals surface area contributed by atoms with Crippen LogP contribution in [0.25, 0.3) is 0 Å². The smallest absolute Gasteiger partial charge is 0.254 e. The highest BCUT2D eigenvalue weighted by Gasteiger charge is 2.54. The number of carbonyl (C=O) groups is 2. The number of halogens is 1. The summed E-state index contributed by atoms with van der Waals surface area (Å²) in [5.74, 6) is 6.03. The van der Waals surface area contributed by atoms with Gasteiger partial charge in [-0.3, -0.25) is 9.59 Å². The maximum absolute atomic E-state index is 13.3. The Morgan fingerprint density at radius 3 is 2.19 bits per heavy atom. The molecule has 2 aliphatic rings. The average molecular weight is 485 g/mol. The minimum atomic E-state index is -0.422. The van der Waals surface area contributed by atoms with E-state index in [4.69, 9.17) is 4.74 Å². The fourth-order valence-corrected chi connectivity index (χ4v) is 5.04. The Labute approximate surface area is 208 Å². The number of carbonyl (C=O) groups excluding carboxylic acids is 2. The van der Waals surface area contributed by atoms with Crippen LogP contribution < -0.4 is 4.74 Å². The maximum Gasteiger partial charge on any atom is 0.254 e. The van der Waals surface area contributed by atoms with E-state index in [0.29, 0.717) is 12.1 Å². The van der Waals surface area contributed by atoms with Gasteiger partial charge in [0.05, 0.1) is 25.8 Å². The first-order chi connectivity index (χ1) is 17.5. The van der Waals surface area contributed by atoms with Crippen molar-refractivity contribution < 1.29 is 23.8 Å². The molecule has 182 valence electrons. The van der Waals surface area contributed by atoms with E-state index in [1.807, 2.05) is 48.5 Å². The SMILES string of the molecule is COc1ccc(C#Cc2ccc([C@H]3[C@@H](CO)N4C(=O)CN(C(=O)c5ccc(F)cc5)C[C@H]34)cc2)cc1. The number of piperazine rings is 1. The van der Waals surface area contributed by atoms with Gasteiger partial charge in [0.15, 0.2) is 0 Å². The van der Waals surface area contributed by atoms with E-state index in [1.54, 1.807) is 12.0 Å². The second kappa shape index (κ2) is 9.84. The minimum absolute atomic E-state index is 0.0597. The molecule has 0 spiro atoms. The highest BCUT2D eigenvalue weighted by atomic mass is 19.1. The summed E-state index contributed by atoms with van der Waals surface area (Å²) < 4.78 is 18.4. The van der Waals surface area contributed by atoms with Gasteiger partial charge in [-0.15, -0.1) is 0 Å². The van der Waals surface area contributed by atoms with Crippen LogP contribution in [0.3, 0.4) is 0 Å². The summed E-state index contributed by atoms with van der Waals surface area (Å²) in [5, 5.41) is 10.0. The lowest BCUT2D eigenvalue weighted by Crippen LogP contribution is -2.73. The summed E-state index contributed by atoms with van der Waals surface area (Å²) in [4.78, 5) is 29.0. The van der Waals surface area contributed by atoms with Gasteiger partial charge < -0.3 is 19.6 Å². The van der Waals surface area contributed by atoms with Gasteiger partial charge in [-0.1, -0.05) is 24.0 Å². The Bertz CT molecular complexity index is 1330. The molecule has 3 aromatic carbocycles. The number of ether oxygens (including phenoxy) is 1. The van der Waals surface area contributed by atoms with Crippen LogP contribution in [0.4, 0.5) is 4.39 Å². The van der Waals surface area contributed by atoms with Crippen LogP contribution in [0.15, 0.2) is 72.8 Å². The molecule has 7 heteroatoms. The summed E-state index contributed by atoms with van der Waals surface area (Å²) in [5.41, 5.74) is 3.04. The Balaban J connectivity index is 1.32. The zero-order valence-electron chi connectivity index (χ0n) is 19.7. The Kier molecular flexibility index (Phi) is 6.45. The molecule has 3 atom stereocenters. The first-order valence-electron chi connectivity index (χ1n) is 11.7. The summed E-state index contributed by atoms with van der Waals surface area (Å²) in [7, 11) is 1.62. The second-order valence-corrected chi connectivity index (χ2v) is 8.94. The van der Waals surface area contributed by atoms with E-state index >= 15 is 0 Å². The van der Waals surface area contributed by atoms with Crippen molar-refractivity contribution in [2.24, 2.45) is 0 Å². The molecule has 2 fully saturated rings. The molecule has 3 aromatic rings. The Morgan fingerprint density at radius 2 is 1.61 bits per heavy atom. The number of aliphatic hydroxyl groups is 1. The lowest BCUT2D eigenvalue weighted by molar-refractivity contribution is -0.159. The lowest BCUT2D eigenvalue weighted by atomic mass is 9.73. The van der Waals surface area contributed by atoms with E-state index in [2.05, 4.69) is 11.8 Å². The number of amides is 2. The third-order valence-corrected chi connectivity index (χ3v) is 6.87. The summed E-state index contributed by atoms with van der Waals surface area (Å²) in [6.07, 6.45) is 0. The fraction of sp³-hybridized carbons (Fsp3) is 0.241. The summed E-state index contributed by atoms with van der Waals surface area (Å²) in [6, 6.07) is 20.1. The monoisotopic (exact) mass is 484 g/mol. The number of nitrogens with zero attached hydrogens (tertiary/aromatic N) is 2. The molecule has 2 amide bonds. The molecule has 0 bridgehead atoms. The number of benzene rings is 3. The van der Waals surface area contributed by atoms with Gasteiger partial charge in [0, 0.05) is 29.2 Å². The molecule has 0 radical (unpaired) electrons. The van der Waals surface area contributed by atoms with Crippen molar-refractivity contribution in [1.82, 2.24) is 9.80 Å². The molecule has 2 heterocycles. The first-order valence-corrected chi connectivity index (χ1v) is 11.7. The molecule has 0 aliphatic carbocycles. The van der Waals surface area contributed by atoms with Crippen LogP contribution >= 0.6 is 0 Å². The van der Waals surface area contributed by atoms with Crippen molar-refractivity contribution in [3.8, 4) is 17.6 Å². The zero-order valence-corrected chi connectivity index (χ0v) is 19.7. The summed E-state index contributed by atoms with van der Waals surface area (Å²) in [6.45, 7) is 0.135. The lowest BCUT2D eigenvalue weighted by Gasteiger charge is -2.58. The summed E-state index contributed by atoms with van der Waals surface area (Å²) >= 11 is 0. The quantitative estimate of drug-likeness (QED) is 0.578. The van der Waals surface area contributed by atoms with Crippen LogP contribution in [0, 0.1) is 17.7 Å². The fourth-order valence-electron chi connectivity index (χ4n) is 5.04. The molecule has 2 saturated heterocycles. The van der Waals surface area contributed by atoms with Crippen LogP contribution in [0.1, 0.15) is 33.0 Å². The van der Waals surface area contributed by atoms with Crippen molar-refractivity contribution >= 4 is 11.8 Å². The van der Waals surface area contributed by atoms with E-state index in [-0.39, 0.29) is 43.0 Å². The minimum Gasteiger partial charge on any atom is -0.497 e. The Morgan fingerprint density at radius 1 is 1.00 bits per heavy atom. The third kappa shape index (κ3) is 4.43. The van der Waals surface area contributed by atoms with Gasteiger partial charge in [0.2, 0.25) is 5.91 Å². The average Bonchev–Trinajstić information content (AvgIpc) is 2.89. The van der Waals surface area contributed by atoms with Crippen LogP contribution in [-0.2, 0) is 4.79 Å². The molecular weight excluding hydrogens is 459 g/mol. The molecule has 1 N–H and O–H groups in total. The number of aliphatic hydroxyl groups excluding tert-OH is 1. The number of hydrogen-bond donors (Lipinski definition) is 1. The van der Waals surface area contributed by atoms with E-state index in [0.717, 1.165) is 22.4 Å². The predicted molar refractivity (Wildman–Crippen MR) is 132 cm³/mol. The molecular formula is C29H25FN2O4. The van der Waals surface area contributed by atoms with Crippen molar-refractivity contribution in [3.05, 3.63) is 101 Å². The highest BCUT2D eigenvalue weighted by molar-refractivity contribution is 5.97. The predicted octanol–water partition coefficient (Wildman–Crippen LogP) is 3.05. The van der Waals surface area contributed by atoms with Crippen LogP contribution in [0.2, 0.25) is 0 Å². The topological polar surface area (TPSA) is 70.1 Å². The van der Waals surface area contributed by atoms with Crippen molar-refractivity contribution in [3.63, 3.8) is 0 Å². The normalized spacial score (nSPS) is 20.6. The molecule has 0 unspecified atom stereocenters. The number of hydrogen-bond acceptors (Lipinski definition) is 4. The maximum atomic E-state index is 13.3. The molecule has 0 aromatic heterocycles. The molecule has 0 saturated carbocycles. The van der Waals surface area contributed by atoms with Gasteiger partial charge in [0.1, 0.15) is 18.1 Å². The van der Waals surface area contributed by atoms with Crippen LogP contribution in [0.5, 0.6) is 5.75 Å². The molecule has 36 heavy (non-hydrogen) atoms. The number of methoxy groups -OCH3 is 1. The zero-order chi connectivity index (χ0) is 25.2. The van der Waals surface area contributed by atoms with Gasteiger partial charge >= 0.3 is 0 Å². The van der Waals surface area contributed by atoms with Gasteiger partial charge in [0.25, 0.3) is 5.91 Å². The van der Waals surface area contributed by atoms with Gasteiger partial charge in [-0.25, -0.2) is 4.39 Å². The van der Waals surface area contributed by atoms with Gasteiger partial charge in [-0.05, 0) is 66.2 Å². The van der Waals surface area contributed by atoms with Crippen LogP contribution in [-0.4, -0.2) is 65.6 Å². The van der Waals surface area contributed by atoms with Gasteiger partial charge in [-0.2, -0.15) is 0 Å². The van der Waals surface area contributed by atoms with E-state index in [1.165, 1.54) is 29.2 Å². The number of rotatable bonds is 4. The Hall–Kier alpha value is -4.15. The molecule has 5 rings (SSSR count). The van der Waals surface area contributed by atoms with Crippen molar-refractivity contribution in [2.45, 2.75) is 18.0 Å². The van der Waals surface area contributed by atoms with Crippen molar-refractivity contribution in [2.75, 3.05) is 26.8 Å². The van der Waals surface area contributed by atoms with Crippen molar-refractivity contribution in [1.29, 1.82) is 0 Å². The number of fused-ring (bicyclic) bond motifs is 1.